The summed E-state index contributed by atoms with van der Waals surface area (Å²) in [7, 11) is 0. The summed E-state index contributed by atoms with van der Waals surface area (Å²) in [6.45, 7) is 0. The molecule has 0 spiro atoms. The third-order valence-corrected chi connectivity index (χ3v) is 0. The van der Waals surface area contributed by atoms with Crippen LogP contribution in [0.3, 0.4) is 0 Å². The van der Waals surface area contributed by atoms with Crippen LogP contribution >= 0.6 is 27.0 Å². The summed E-state index contributed by atoms with van der Waals surface area (Å²) < 4.78 is 0. The van der Waals surface area contributed by atoms with Gasteiger partial charge in [-0.3, -0.25) is 0 Å². The van der Waals surface area contributed by atoms with Crippen molar-refractivity contribution in [2.24, 2.45) is 0 Å². The zero-order valence-electron chi connectivity index (χ0n) is 1.30. The van der Waals surface area contributed by atoms with Gasteiger partial charge in [-0.2, -0.15) is 27.0 Å². The minimum atomic E-state index is 0. The van der Waals surface area contributed by atoms with Gasteiger partial charge < -0.3 is 0 Å². The number of hydrogen-bond acceptors (Lipinski definition) is 0. The Morgan fingerprint density at radius 3 is 0.800 bits per heavy atom. The number of rotatable bonds is 0. The molecule has 0 N–H and O–H groups in total. The van der Waals surface area contributed by atoms with Crippen LogP contribution in [0.4, 0.5) is 0 Å². The second-order valence-corrected chi connectivity index (χ2v) is 0. The SMILES string of the molecule is S.S.[AlH3].[Cu].[InH3]. The van der Waals surface area contributed by atoms with Crippen LogP contribution in [-0.4, -0.2) is 43.2 Å². The van der Waals surface area contributed by atoms with Crippen molar-refractivity contribution in [2.45, 2.75) is 0 Å². The Bertz CT molecular complexity index is 9.61. The Kier molecular flexibility index (Phi) is 296. The van der Waals surface area contributed by atoms with Crippen LogP contribution in [0.1, 0.15) is 0 Å². The molecule has 5 heteroatoms. The molecule has 0 aliphatic heterocycles. The summed E-state index contributed by atoms with van der Waals surface area (Å²) in [4.78, 5) is 0. The van der Waals surface area contributed by atoms with Crippen molar-refractivity contribution in [1.82, 2.24) is 0 Å². The topological polar surface area (TPSA) is 0 Å². The van der Waals surface area contributed by atoms with Crippen molar-refractivity contribution in [1.29, 1.82) is 0 Å². The molecular formula is H10AlCuInS2. The Hall–Kier alpha value is 2.62. The molecule has 0 heterocycles. The second kappa shape index (κ2) is 30.4. The zero-order chi connectivity index (χ0) is 0. The zero-order valence-corrected chi connectivity index (χ0v) is 4.24. The van der Waals surface area contributed by atoms with Crippen LogP contribution < -0.4 is 0 Å². The molecule has 0 rings (SSSR count). The Labute approximate surface area is 86.1 Å². The molecule has 0 aromatic heterocycles. The summed E-state index contributed by atoms with van der Waals surface area (Å²) in [5, 5.41) is 0. The molecule has 0 fully saturated rings. The quantitative estimate of drug-likeness (QED) is 0.444. The Morgan fingerprint density at radius 1 is 0.800 bits per heavy atom. The molecule has 0 nitrogen and oxygen atoms in total. The maximum absolute atomic E-state index is 0. The van der Waals surface area contributed by atoms with E-state index in [1.54, 1.807) is 0 Å². The first-order chi connectivity index (χ1) is 0. The van der Waals surface area contributed by atoms with Crippen molar-refractivity contribution in [3.05, 3.63) is 0 Å². The van der Waals surface area contributed by atoms with Crippen molar-refractivity contribution >= 4 is 70.2 Å². The van der Waals surface area contributed by atoms with Gasteiger partial charge in [-0.05, 0) is 0 Å². The molecule has 5 heavy (non-hydrogen) atoms. The van der Waals surface area contributed by atoms with Gasteiger partial charge in [0.15, 0.2) is 17.4 Å². The molecule has 0 bridgehead atoms. The van der Waals surface area contributed by atoms with Crippen LogP contribution in [0.2, 0.25) is 0 Å². The first-order valence-electron chi connectivity index (χ1n) is 0. The van der Waals surface area contributed by atoms with Gasteiger partial charge in [-0.25, -0.2) is 0 Å². The van der Waals surface area contributed by atoms with Crippen LogP contribution in [0.5, 0.6) is 0 Å². The Balaban J connectivity index is 0. The summed E-state index contributed by atoms with van der Waals surface area (Å²) in [6.07, 6.45) is 0. The van der Waals surface area contributed by atoms with E-state index >= 15 is 0 Å². The maximum atomic E-state index is 0. The Morgan fingerprint density at radius 2 is 0.800 bits per heavy atom. The van der Waals surface area contributed by atoms with E-state index < -0.39 is 0 Å². The molecule has 39 valence electrons. The van der Waals surface area contributed by atoms with E-state index in [0.717, 1.165) is 0 Å². The van der Waals surface area contributed by atoms with E-state index in [0.29, 0.717) is 0 Å². The van der Waals surface area contributed by atoms with E-state index in [4.69, 9.17) is 0 Å². The monoisotopic (exact) mass is 279 g/mol. The van der Waals surface area contributed by atoms with E-state index in [1.807, 2.05) is 0 Å². The van der Waals surface area contributed by atoms with Gasteiger partial charge >= 0.3 is 25.8 Å². The van der Waals surface area contributed by atoms with Gasteiger partial charge in [0.05, 0.1) is 0 Å². The molecule has 0 amide bonds. The van der Waals surface area contributed by atoms with E-state index in [1.165, 1.54) is 0 Å². The van der Waals surface area contributed by atoms with Gasteiger partial charge in [0.2, 0.25) is 0 Å². The first-order valence-corrected chi connectivity index (χ1v) is 0. The van der Waals surface area contributed by atoms with Crippen molar-refractivity contribution in [3.63, 3.8) is 0 Å². The second-order valence-electron chi connectivity index (χ2n) is 0. The van der Waals surface area contributed by atoms with Crippen molar-refractivity contribution in [3.8, 4) is 0 Å². The molecule has 0 aliphatic rings. The predicted octanol–water partition coefficient (Wildman–Crippen LogP) is -2.14. The van der Waals surface area contributed by atoms with Gasteiger partial charge in [-0.1, -0.05) is 0 Å². The fourth-order valence-corrected chi connectivity index (χ4v) is 0. The third-order valence-electron chi connectivity index (χ3n) is 0. The average molecular weight is 280 g/mol. The van der Waals surface area contributed by atoms with Crippen molar-refractivity contribution < 1.29 is 17.1 Å². The molecule has 0 aromatic carbocycles. The first kappa shape index (κ1) is 48.6. The summed E-state index contributed by atoms with van der Waals surface area (Å²) in [5.74, 6) is 0. The fraction of sp³-hybridized carbons (Fsp3) is 0. The molecular weight excluding hydrogens is 269 g/mol. The van der Waals surface area contributed by atoms with Crippen LogP contribution in [0.15, 0.2) is 0 Å². The minimum absolute atomic E-state index is 0. The van der Waals surface area contributed by atoms with Crippen molar-refractivity contribution in [2.75, 3.05) is 0 Å². The fourth-order valence-electron chi connectivity index (χ4n) is 0. The average Bonchev–Trinajstić information content (AvgIpc) is 0. The molecule has 0 aromatic rings. The van der Waals surface area contributed by atoms with Gasteiger partial charge in [0.25, 0.3) is 0 Å². The molecule has 0 saturated heterocycles. The number of hydrogen-bond donors (Lipinski definition) is 0. The molecule has 0 atom stereocenters. The van der Waals surface area contributed by atoms with Crippen LogP contribution in [0.25, 0.3) is 0 Å². The molecule has 0 saturated carbocycles. The van der Waals surface area contributed by atoms with E-state index in [9.17, 15) is 0 Å². The van der Waals surface area contributed by atoms with Crippen LogP contribution in [-0.2, 0) is 17.1 Å². The summed E-state index contributed by atoms with van der Waals surface area (Å²) >= 11 is 0. The van der Waals surface area contributed by atoms with E-state index in [2.05, 4.69) is 0 Å². The summed E-state index contributed by atoms with van der Waals surface area (Å²) in [5.41, 5.74) is 0. The molecule has 1 radical (unpaired) electrons. The van der Waals surface area contributed by atoms with Crippen LogP contribution in [0, 0.1) is 0 Å². The van der Waals surface area contributed by atoms with Gasteiger partial charge in [-0.15, -0.1) is 0 Å². The van der Waals surface area contributed by atoms with Gasteiger partial charge in [0.1, 0.15) is 0 Å². The molecule has 0 unspecified atom stereocenters. The predicted molar refractivity (Wildman–Crippen MR) is 40.6 cm³/mol. The normalized spacial score (nSPS) is 0. The standard InChI is InChI=1S/Al.Cu.In.2H2S.6H/h;;;2*1H2;;;;;;. The molecule has 0 aliphatic carbocycles. The van der Waals surface area contributed by atoms with Gasteiger partial charge in [0, 0.05) is 17.1 Å². The third kappa shape index (κ3) is 20.6. The summed E-state index contributed by atoms with van der Waals surface area (Å²) in [6, 6.07) is 0. The van der Waals surface area contributed by atoms with E-state index in [-0.39, 0.29) is 87.3 Å².